The number of piperidine rings is 1. The molecule has 2 aliphatic rings. The molecule has 2 fully saturated rings. The molecule has 0 amide bonds. The molecular formula is C19H30N2O3. The van der Waals surface area contributed by atoms with E-state index >= 15 is 0 Å². The van der Waals surface area contributed by atoms with Gasteiger partial charge in [-0.2, -0.15) is 0 Å². The lowest BCUT2D eigenvalue weighted by Crippen LogP contribution is -2.47. The molecule has 2 heterocycles. The second-order valence-corrected chi connectivity index (χ2v) is 6.83. The van der Waals surface area contributed by atoms with Gasteiger partial charge in [-0.05, 0) is 43.4 Å². The molecule has 1 aromatic rings. The van der Waals surface area contributed by atoms with Gasteiger partial charge in [0.25, 0.3) is 0 Å². The summed E-state index contributed by atoms with van der Waals surface area (Å²) in [6.45, 7) is 4.18. The zero-order valence-corrected chi connectivity index (χ0v) is 14.7. The quantitative estimate of drug-likeness (QED) is 0.828. The van der Waals surface area contributed by atoms with Gasteiger partial charge in [0.2, 0.25) is 0 Å². The topological polar surface area (TPSA) is 57.0 Å². The summed E-state index contributed by atoms with van der Waals surface area (Å²) >= 11 is 0. The molecule has 5 heteroatoms. The number of nitrogens with two attached hydrogens (primary N) is 1. The standard InChI is InChI=1S/C19H30N2O3/c1-22-18-8-9-21(16(11-18)12-20)13-15-4-6-17(7-5-15)24-14-19-3-2-10-23-19/h4-7,16,18-19H,2-3,8-14,20H2,1H3. The lowest BCUT2D eigenvalue weighted by Gasteiger charge is -2.38. The van der Waals surface area contributed by atoms with Crippen LogP contribution >= 0.6 is 0 Å². The van der Waals surface area contributed by atoms with E-state index in [1.54, 1.807) is 7.11 Å². The van der Waals surface area contributed by atoms with Crippen molar-refractivity contribution in [1.29, 1.82) is 0 Å². The highest BCUT2D eigenvalue weighted by Gasteiger charge is 2.27. The van der Waals surface area contributed by atoms with Crippen molar-refractivity contribution in [3.63, 3.8) is 0 Å². The second kappa shape index (κ2) is 8.81. The third-order valence-electron chi connectivity index (χ3n) is 5.16. The van der Waals surface area contributed by atoms with Gasteiger partial charge in [0.15, 0.2) is 0 Å². The van der Waals surface area contributed by atoms with E-state index in [0.29, 0.717) is 25.3 Å². The van der Waals surface area contributed by atoms with Crippen LogP contribution in [0.25, 0.3) is 0 Å². The van der Waals surface area contributed by atoms with Crippen molar-refractivity contribution in [2.24, 2.45) is 5.73 Å². The lowest BCUT2D eigenvalue weighted by molar-refractivity contribution is 0.0102. The first-order valence-electron chi connectivity index (χ1n) is 9.08. The predicted octanol–water partition coefficient (Wildman–Crippen LogP) is 2.18. The van der Waals surface area contributed by atoms with Crippen molar-refractivity contribution in [2.45, 2.75) is 50.5 Å². The molecule has 0 bridgehead atoms. The molecule has 0 saturated carbocycles. The van der Waals surface area contributed by atoms with Gasteiger partial charge in [-0.3, -0.25) is 4.90 Å². The van der Waals surface area contributed by atoms with Crippen LogP contribution in [0, 0.1) is 0 Å². The van der Waals surface area contributed by atoms with Crippen LogP contribution in [0.4, 0.5) is 0 Å². The van der Waals surface area contributed by atoms with Crippen LogP contribution < -0.4 is 10.5 Å². The van der Waals surface area contributed by atoms with Crippen LogP contribution in [0.2, 0.25) is 0 Å². The number of hydrogen-bond acceptors (Lipinski definition) is 5. The summed E-state index contributed by atoms with van der Waals surface area (Å²) in [5, 5.41) is 0. The largest absolute Gasteiger partial charge is 0.491 e. The summed E-state index contributed by atoms with van der Waals surface area (Å²) < 4.78 is 16.9. The molecule has 3 unspecified atom stereocenters. The van der Waals surface area contributed by atoms with Gasteiger partial charge < -0.3 is 19.9 Å². The average molecular weight is 334 g/mol. The van der Waals surface area contributed by atoms with E-state index in [2.05, 4.69) is 29.2 Å². The summed E-state index contributed by atoms with van der Waals surface area (Å²) in [5.41, 5.74) is 7.26. The first kappa shape index (κ1) is 17.7. The van der Waals surface area contributed by atoms with Gasteiger partial charge in [-0.25, -0.2) is 0 Å². The Morgan fingerprint density at radius 3 is 2.75 bits per heavy atom. The summed E-state index contributed by atoms with van der Waals surface area (Å²) in [6, 6.07) is 8.83. The Hall–Kier alpha value is -1.14. The van der Waals surface area contributed by atoms with Gasteiger partial charge in [0.05, 0.1) is 12.2 Å². The first-order chi connectivity index (χ1) is 11.8. The molecule has 5 nitrogen and oxygen atoms in total. The molecule has 0 aliphatic carbocycles. The van der Waals surface area contributed by atoms with Crippen LogP contribution in [0.15, 0.2) is 24.3 Å². The fourth-order valence-electron chi connectivity index (χ4n) is 3.62. The fourth-order valence-corrected chi connectivity index (χ4v) is 3.62. The zero-order valence-electron chi connectivity index (χ0n) is 14.7. The number of likely N-dealkylation sites (tertiary alicyclic amines) is 1. The normalized spacial score (nSPS) is 28.2. The minimum absolute atomic E-state index is 0.261. The maximum absolute atomic E-state index is 5.96. The van der Waals surface area contributed by atoms with E-state index in [9.17, 15) is 0 Å². The highest BCUT2D eigenvalue weighted by atomic mass is 16.5. The third-order valence-corrected chi connectivity index (χ3v) is 5.16. The van der Waals surface area contributed by atoms with E-state index in [4.69, 9.17) is 19.9 Å². The van der Waals surface area contributed by atoms with E-state index in [1.165, 1.54) is 5.56 Å². The van der Waals surface area contributed by atoms with E-state index in [-0.39, 0.29) is 6.10 Å². The third kappa shape index (κ3) is 4.70. The molecule has 134 valence electrons. The molecule has 3 rings (SSSR count). The van der Waals surface area contributed by atoms with Crippen LogP contribution in [-0.2, 0) is 16.0 Å². The highest BCUT2D eigenvalue weighted by molar-refractivity contribution is 5.27. The Balaban J connectivity index is 1.49. The number of hydrogen-bond donors (Lipinski definition) is 1. The number of ether oxygens (including phenoxy) is 3. The lowest BCUT2D eigenvalue weighted by atomic mass is 9.98. The van der Waals surface area contributed by atoms with E-state index in [0.717, 1.165) is 51.1 Å². The fraction of sp³-hybridized carbons (Fsp3) is 0.684. The monoisotopic (exact) mass is 334 g/mol. The van der Waals surface area contributed by atoms with Crippen molar-refractivity contribution in [1.82, 2.24) is 4.90 Å². The van der Waals surface area contributed by atoms with E-state index in [1.807, 2.05) is 0 Å². The average Bonchev–Trinajstić information content (AvgIpc) is 3.15. The maximum Gasteiger partial charge on any atom is 0.119 e. The molecule has 2 N–H and O–H groups in total. The molecule has 0 aromatic heterocycles. The van der Waals surface area contributed by atoms with Crippen molar-refractivity contribution in [2.75, 3.05) is 33.4 Å². The Bertz CT molecular complexity index is 488. The summed E-state index contributed by atoms with van der Waals surface area (Å²) in [4.78, 5) is 2.47. The van der Waals surface area contributed by atoms with Crippen molar-refractivity contribution in [3.8, 4) is 5.75 Å². The predicted molar refractivity (Wildman–Crippen MR) is 94.2 cm³/mol. The first-order valence-corrected chi connectivity index (χ1v) is 9.08. The molecule has 2 saturated heterocycles. The summed E-state index contributed by atoms with van der Waals surface area (Å²) in [6.07, 6.45) is 4.97. The van der Waals surface area contributed by atoms with Crippen molar-refractivity contribution < 1.29 is 14.2 Å². The Kier molecular flexibility index (Phi) is 6.49. The zero-order chi connectivity index (χ0) is 16.8. The summed E-state index contributed by atoms with van der Waals surface area (Å²) in [5.74, 6) is 0.919. The number of rotatable bonds is 7. The van der Waals surface area contributed by atoms with Gasteiger partial charge in [0.1, 0.15) is 12.4 Å². The maximum atomic E-state index is 5.96. The van der Waals surface area contributed by atoms with Gasteiger partial charge >= 0.3 is 0 Å². The summed E-state index contributed by atoms with van der Waals surface area (Å²) in [7, 11) is 1.79. The highest BCUT2D eigenvalue weighted by Crippen LogP contribution is 2.22. The SMILES string of the molecule is COC1CCN(Cc2ccc(OCC3CCCO3)cc2)C(CN)C1. The van der Waals surface area contributed by atoms with Gasteiger partial charge in [-0.15, -0.1) is 0 Å². The van der Waals surface area contributed by atoms with Crippen molar-refractivity contribution in [3.05, 3.63) is 29.8 Å². The molecule has 0 radical (unpaired) electrons. The molecule has 1 aromatic carbocycles. The Labute approximate surface area is 145 Å². The molecule has 3 atom stereocenters. The number of benzene rings is 1. The Morgan fingerprint density at radius 2 is 2.08 bits per heavy atom. The number of methoxy groups -OCH3 is 1. The second-order valence-electron chi connectivity index (χ2n) is 6.83. The van der Waals surface area contributed by atoms with Crippen molar-refractivity contribution >= 4 is 0 Å². The molecule has 24 heavy (non-hydrogen) atoms. The smallest absolute Gasteiger partial charge is 0.119 e. The molecule has 2 aliphatic heterocycles. The van der Waals surface area contributed by atoms with Crippen LogP contribution in [0.5, 0.6) is 5.75 Å². The van der Waals surface area contributed by atoms with Crippen LogP contribution in [0.1, 0.15) is 31.2 Å². The minimum Gasteiger partial charge on any atom is -0.491 e. The Morgan fingerprint density at radius 1 is 1.25 bits per heavy atom. The molecule has 0 spiro atoms. The van der Waals surface area contributed by atoms with Gasteiger partial charge in [-0.1, -0.05) is 12.1 Å². The minimum atomic E-state index is 0.261. The van der Waals surface area contributed by atoms with Gasteiger partial charge in [0, 0.05) is 39.4 Å². The molecular weight excluding hydrogens is 304 g/mol. The van der Waals surface area contributed by atoms with Crippen LogP contribution in [-0.4, -0.2) is 56.6 Å². The van der Waals surface area contributed by atoms with E-state index < -0.39 is 0 Å². The number of nitrogens with zero attached hydrogens (tertiary/aromatic N) is 1. The van der Waals surface area contributed by atoms with Crippen LogP contribution in [0.3, 0.4) is 0 Å².